The van der Waals surface area contributed by atoms with Gasteiger partial charge in [0.05, 0.1) is 11.1 Å². The lowest BCUT2D eigenvalue weighted by Gasteiger charge is -2.09. The summed E-state index contributed by atoms with van der Waals surface area (Å²) < 4.78 is 1.91. The third-order valence-corrected chi connectivity index (χ3v) is 3.07. The van der Waals surface area contributed by atoms with Crippen LogP contribution in [-0.2, 0) is 13.5 Å². The van der Waals surface area contributed by atoms with E-state index in [0.29, 0.717) is 5.56 Å². The minimum atomic E-state index is 0.284. The SMILES string of the molecule is CCCc1nc(C(C)C)c2c(C=O)cn(C)c2n1. The first-order chi connectivity index (χ1) is 8.58. The molecular formula is C14H19N3O. The molecule has 0 aliphatic rings. The maximum absolute atomic E-state index is 11.2. The first-order valence-electron chi connectivity index (χ1n) is 6.39. The van der Waals surface area contributed by atoms with E-state index in [4.69, 9.17) is 0 Å². The highest BCUT2D eigenvalue weighted by Gasteiger charge is 2.17. The highest BCUT2D eigenvalue weighted by atomic mass is 16.1. The molecule has 0 unspecified atom stereocenters. The van der Waals surface area contributed by atoms with Gasteiger partial charge in [0, 0.05) is 25.2 Å². The van der Waals surface area contributed by atoms with Crippen molar-refractivity contribution in [2.75, 3.05) is 0 Å². The Hall–Kier alpha value is -1.71. The fourth-order valence-corrected chi connectivity index (χ4v) is 2.22. The molecule has 4 heteroatoms. The molecule has 4 nitrogen and oxygen atoms in total. The number of fused-ring (bicyclic) bond motifs is 1. The number of rotatable bonds is 4. The smallest absolute Gasteiger partial charge is 0.152 e. The second-order valence-corrected chi connectivity index (χ2v) is 4.94. The van der Waals surface area contributed by atoms with E-state index < -0.39 is 0 Å². The molecule has 0 atom stereocenters. The van der Waals surface area contributed by atoms with Gasteiger partial charge in [-0.15, -0.1) is 0 Å². The van der Waals surface area contributed by atoms with Crippen molar-refractivity contribution in [2.45, 2.75) is 39.5 Å². The molecule has 0 saturated heterocycles. The maximum atomic E-state index is 11.2. The van der Waals surface area contributed by atoms with E-state index in [1.54, 1.807) is 0 Å². The molecule has 0 radical (unpaired) electrons. The number of nitrogens with zero attached hydrogens (tertiary/aromatic N) is 3. The first-order valence-corrected chi connectivity index (χ1v) is 6.39. The van der Waals surface area contributed by atoms with Crippen LogP contribution in [-0.4, -0.2) is 20.8 Å². The lowest BCUT2D eigenvalue weighted by molar-refractivity contribution is 0.112. The zero-order valence-electron chi connectivity index (χ0n) is 11.4. The fraction of sp³-hybridized carbons (Fsp3) is 0.500. The summed E-state index contributed by atoms with van der Waals surface area (Å²) in [5.41, 5.74) is 2.52. The van der Waals surface area contributed by atoms with Gasteiger partial charge in [-0.25, -0.2) is 9.97 Å². The highest BCUT2D eigenvalue weighted by molar-refractivity contribution is 5.97. The van der Waals surface area contributed by atoms with Crippen LogP contribution in [0, 0.1) is 0 Å². The molecule has 0 bridgehead atoms. The number of aromatic nitrogens is 3. The molecule has 0 fully saturated rings. The molecule has 18 heavy (non-hydrogen) atoms. The van der Waals surface area contributed by atoms with Crippen molar-refractivity contribution in [3.8, 4) is 0 Å². The van der Waals surface area contributed by atoms with Crippen LogP contribution in [0.1, 0.15) is 55.0 Å². The van der Waals surface area contributed by atoms with Crippen molar-refractivity contribution in [1.82, 2.24) is 14.5 Å². The lowest BCUT2D eigenvalue weighted by atomic mass is 10.0. The predicted molar refractivity (Wildman–Crippen MR) is 72.0 cm³/mol. The third-order valence-electron chi connectivity index (χ3n) is 3.07. The molecule has 0 aromatic carbocycles. The van der Waals surface area contributed by atoms with E-state index in [-0.39, 0.29) is 5.92 Å². The van der Waals surface area contributed by atoms with E-state index in [9.17, 15) is 4.79 Å². The molecule has 0 spiro atoms. The van der Waals surface area contributed by atoms with E-state index >= 15 is 0 Å². The van der Waals surface area contributed by atoms with E-state index in [1.807, 2.05) is 17.8 Å². The predicted octanol–water partition coefficient (Wildman–Crippen LogP) is 2.86. The molecule has 96 valence electrons. The van der Waals surface area contributed by atoms with Crippen molar-refractivity contribution in [1.29, 1.82) is 0 Å². The summed E-state index contributed by atoms with van der Waals surface area (Å²) in [4.78, 5) is 20.3. The highest BCUT2D eigenvalue weighted by Crippen LogP contribution is 2.26. The topological polar surface area (TPSA) is 47.8 Å². The lowest BCUT2D eigenvalue weighted by Crippen LogP contribution is -2.04. The summed E-state index contributed by atoms with van der Waals surface area (Å²) in [5.74, 6) is 1.15. The summed E-state index contributed by atoms with van der Waals surface area (Å²) in [6.07, 6.45) is 4.61. The van der Waals surface area contributed by atoms with Crippen molar-refractivity contribution in [3.63, 3.8) is 0 Å². The average molecular weight is 245 g/mol. The molecule has 2 aromatic heterocycles. The Morgan fingerprint density at radius 3 is 2.67 bits per heavy atom. The Balaban J connectivity index is 2.78. The number of aryl methyl sites for hydroxylation is 2. The van der Waals surface area contributed by atoms with Crippen molar-refractivity contribution < 1.29 is 4.79 Å². The zero-order valence-corrected chi connectivity index (χ0v) is 11.4. The van der Waals surface area contributed by atoms with Crippen molar-refractivity contribution in [2.24, 2.45) is 7.05 Å². The molecule has 2 aromatic rings. The third kappa shape index (κ3) is 2.03. The number of hydrogen-bond donors (Lipinski definition) is 0. The fourth-order valence-electron chi connectivity index (χ4n) is 2.22. The van der Waals surface area contributed by atoms with Crippen LogP contribution in [0.5, 0.6) is 0 Å². The van der Waals surface area contributed by atoms with Gasteiger partial charge < -0.3 is 4.57 Å². The first kappa shape index (κ1) is 12.7. The maximum Gasteiger partial charge on any atom is 0.152 e. The summed E-state index contributed by atoms with van der Waals surface area (Å²) in [6.45, 7) is 6.31. The minimum absolute atomic E-state index is 0.284. The Bertz CT molecular complexity index is 584. The van der Waals surface area contributed by atoms with Crippen LogP contribution < -0.4 is 0 Å². The van der Waals surface area contributed by atoms with E-state index in [1.165, 1.54) is 0 Å². The molecule has 0 aliphatic carbocycles. The van der Waals surface area contributed by atoms with Gasteiger partial charge >= 0.3 is 0 Å². The normalized spacial score (nSPS) is 11.4. The van der Waals surface area contributed by atoms with E-state index in [2.05, 4.69) is 30.7 Å². The molecule has 0 amide bonds. The zero-order chi connectivity index (χ0) is 13.3. The van der Waals surface area contributed by atoms with Gasteiger partial charge in [-0.1, -0.05) is 20.8 Å². The quantitative estimate of drug-likeness (QED) is 0.778. The second kappa shape index (κ2) is 4.88. The summed E-state index contributed by atoms with van der Waals surface area (Å²) in [5, 5.41) is 0.905. The van der Waals surface area contributed by atoms with Gasteiger partial charge in [-0.05, 0) is 12.3 Å². The van der Waals surface area contributed by atoms with Crippen LogP contribution in [0.4, 0.5) is 0 Å². The molecular weight excluding hydrogens is 226 g/mol. The molecule has 2 heterocycles. The van der Waals surface area contributed by atoms with E-state index in [0.717, 1.165) is 41.7 Å². The van der Waals surface area contributed by atoms with Crippen LogP contribution in [0.3, 0.4) is 0 Å². The Morgan fingerprint density at radius 1 is 1.39 bits per heavy atom. The molecule has 0 N–H and O–H groups in total. The largest absolute Gasteiger partial charge is 0.335 e. The van der Waals surface area contributed by atoms with Crippen molar-refractivity contribution in [3.05, 3.63) is 23.3 Å². The van der Waals surface area contributed by atoms with Crippen LogP contribution in [0.15, 0.2) is 6.20 Å². The average Bonchev–Trinajstić information content (AvgIpc) is 2.66. The van der Waals surface area contributed by atoms with Gasteiger partial charge in [-0.2, -0.15) is 0 Å². The monoisotopic (exact) mass is 245 g/mol. The Kier molecular flexibility index (Phi) is 3.45. The van der Waals surface area contributed by atoms with Gasteiger partial charge in [0.15, 0.2) is 6.29 Å². The summed E-state index contributed by atoms with van der Waals surface area (Å²) >= 11 is 0. The molecule has 0 saturated carbocycles. The molecule has 0 aliphatic heterocycles. The standard InChI is InChI=1S/C14H19N3O/c1-5-6-11-15-13(9(2)3)12-10(8-18)7-17(4)14(12)16-11/h7-9H,5-6H2,1-4H3. The van der Waals surface area contributed by atoms with Gasteiger partial charge in [0.25, 0.3) is 0 Å². The van der Waals surface area contributed by atoms with Crippen molar-refractivity contribution >= 4 is 17.3 Å². The Morgan fingerprint density at radius 2 is 2.11 bits per heavy atom. The number of hydrogen-bond acceptors (Lipinski definition) is 3. The van der Waals surface area contributed by atoms with Gasteiger partial charge in [0.1, 0.15) is 11.5 Å². The summed E-state index contributed by atoms with van der Waals surface area (Å²) in [6, 6.07) is 0. The number of carbonyl (C=O) groups excluding carboxylic acids is 1. The van der Waals surface area contributed by atoms with Gasteiger partial charge in [-0.3, -0.25) is 4.79 Å². The molecule has 2 rings (SSSR count). The van der Waals surface area contributed by atoms with Crippen LogP contribution in [0.2, 0.25) is 0 Å². The second-order valence-electron chi connectivity index (χ2n) is 4.94. The minimum Gasteiger partial charge on any atom is -0.335 e. The number of carbonyl (C=O) groups is 1. The van der Waals surface area contributed by atoms with Gasteiger partial charge in [0.2, 0.25) is 0 Å². The Labute approximate surface area is 107 Å². The number of aldehydes is 1. The van der Waals surface area contributed by atoms with Crippen LogP contribution >= 0.6 is 0 Å². The van der Waals surface area contributed by atoms with Crippen LogP contribution in [0.25, 0.3) is 11.0 Å². The summed E-state index contributed by atoms with van der Waals surface area (Å²) in [7, 11) is 1.92.